The third-order valence-electron chi connectivity index (χ3n) is 6.29. The Morgan fingerprint density at radius 1 is 0.895 bits per heavy atom. The highest BCUT2D eigenvalue weighted by atomic mass is 19.1. The Labute approximate surface area is 220 Å². The Kier molecular flexibility index (Phi) is 7.26. The van der Waals surface area contributed by atoms with Crippen LogP contribution in [-0.2, 0) is 13.0 Å². The number of pyridine rings is 1. The minimum absolute atomic E-state index is 0.185. The van der Waals surface area contributed by atoms with Gasteiger partial charge in [0.25, 0.3) is 11.8 Å². The second-order valence-electron chi connectivity index (χ2n) is 9.17. The first kappa shape index (κ1) is 24.9. The summed E-state index contributed by atoms with van der Waals surface area (Å²) in [5, 5.41) is 6.65. The lowest BCUT2D eigenvalue weighted by Gasteiger charge is -2.12. The fourth-order valence-corrected chi connectivity index (χ4v) is 4.47. The van der Waals surface area contributed by atoms with E-state index in [0.717, 1.165) is 27.7 Å². The van der Waals surface area contributed by atoms with Crippen LogP contribution in [0, 0.1) is 12.7 Å². The zero-order valence-corrected chi connectivity index (χ0v) is 20.9. The molecule has 0 spiro atoms. The lowest BCUT2D eigenvalue weighted by atomic mass is 10.1. The molecule has 0 saturated carbocycles. The summed E-state index contributed by atoms with van der Waals surface area (Å²) in [5.41, 5.74) is 5.31. The monoisotopic (exact) mass is 506 g/mol. The van der Waals surface area contributed by atoms with Crippen molar-refractivity contribution < 1.29 is 14.0 Å². The number of fused-ring (bicyclic) bond motifs is 1. The van der Waals surface area contributed by atoms with E-state index < -0.39 is 11.7 Å². The number of halogens is 1. The lowest BCUT2D eigenvalue weighted by molar-refractivity contribution is 0.0945. The molecule has 0 fully saturated rings. The lowest BCUT2D eigenvalue weighted by Crippen LogP contribution is -2.28. The van der Waals surface area contributed by atoms with Crippen molar-refractivity contribution in [2.45, 2.75) is 19.9 Å². The number of nitrogens with one attached hydrogen (secondary N) is 2. The van der Waals surface area contributed by atoms with E-state index in [9.17, 15) is 14.0 Å². The molecule has 5 aromatic rings. The van der Waals surface area contributed by atoms with Gasteiger partial charge in [0, 0.05) is 53.6 Å². The van der Waals surface area contributed by atoms with Crippen LogP contribution >= 0.6 is 0 Å². The maximum atomic E-state index is 13.6. The van der Waals surface area contributed by atoms with Crippen molar-refractivity contribution in [3.63, 3.8) is 0 Å². The van der Waals surface area contributed by atoms with Gasteiger partial charge in [0.05, 0.1) is 0 Å². The van der Waals surface area contributed by atoms with Crippen molar-refractivity contribution in [3.05, 3.63) is 131 Å². The van der Waals surface area contributed by atoms with Gasteiger partial charge in [0.1, 0.15) is 11.5 Å². The smallest absolute Gasteiger partial charge is 0.267 e. The Hall–Kier alpha value is -4.78. The first-order valence-electron chi connectivity index (χ1n) is 12.4. The number of benzene rings is 3. The SMILES string of the molecule is Cc1cccc(Cn2c(C(=O)NCCc3ccccn3)cc3cc(NC(=O)c4cccc(F)c4)ccc32)c1. The Balaban J connectivity index is 1.42. The quantitative estimate of drug-likeness (QED) is 0.281. The van der Waals surface area contributed by atoms with Crippen molar-refractivity contribution in [2.75, 3.05) is 11.9 Å². The number of hydrogen-bond acceptors (Lipinski definition) is 3. The molecule has 38 heavy (non-hydrogen) atoms. The fourth-order valence-electron chi connectivity index (χ4n) is 4.47. The van der Waals surface area contributed by atoms with Gasteiger partial charge in [-0.05, 0) is 67.1 Å². The van der Waals surface area contributed by atoms with Crippen LogP contribution in [0.25, 0.3) is 10.9 Å². The van der Waals surface area contributed by atoms with Crippen molar-refractivity contribution >= 4 is 28.4 Å². The second-order valence-corrected chi connectivity index (χ2v) is 9.17. The highest BCUT2D eigenvalue weighted by molar-refractivity contribution is 6.06. The molecule has 0 aliphatic heterocycles. The van der Waals surface area contributed by atoms with E-state index in [2.05, 4.69) is 21.7 Å². The van der Waals surface area contributed by atoms with Crippen LogP contribution < -0.4 is 10.6 Å². The Bertz CT molecular complexity index is 1610. The summed E-state index contributed by atoms with van der Waals surface area (Å²) in [6.07, 6.45) is 2.36. The number of carbonyl (C=O) groups excluding carboxylic acids is 2. The van der Waals surface area contributed by atoms with Gasteiger partial charge in [-0.1, -0.05) is 42.0 Å². The van der Waals surface area contributed by atoms with Crippen molar-refractivity contribution in [2.24, 2.45) is 0 Å². The fraction of sp³-hybridized carbons (Fsp3) is 0.129. The Morgan fingerprint density at radius 2 is 1.76 bits per heavy atom. The highest BCUT2D eigenvalue weighted by Gasteiger charge is 2.17. The molecule has 2 heterocycles. The van der Waals surface area contributed by atoms with E-state index in [-0.39, 0.29) is 11.5 Å². The maximum absolute atomic E-state index is 13.6. The number of aromatic nitrogens is 2. The first-order valence-corrected chi connectivity index (χ1v) is 12.4. The summed E-state index contributed by atoms with van der Waals surface area (Å²) in [6.45, 7) is 3.01. The van der Waals surface area contributed by atoms with E-state index in [4.69, 9.17) is 0 Å². The topological polar surface area (TPSA) is 76.0 Å². The molecule has 7 heteroatoms. The summed E-state index contributed by atoms with van der Waals surface area (Å²) in [5.74, 6) is -1.06. The first-order chi connectivity index (χ1) is 18.5. The molecule has 190 valence electrons. The summed E-state index contributed by atoms with van der Waals surface area (Å²) in [7, 11) is 0. The minimum Gasteiger partial charge on any atom is -0.350 e. The van der Waals surface area contributed by atoms with E-state index in [0.29, 0.717) is 30.9 Å². The summed E-state index contributed by atoms with van der Waals surface area (Å²) < 4.78 is 15.5. The number of rotatable bonds is 8. The number of hydrogen-bond donors (Lipinski definition) is 2. The highest BCUT2D eigenvalue weighted by Crippen LogP contribution is 2.26. The van der Waals surface area contributed by atoms with Gasteiger partial charge in [-0.25, -0.2) is 4.39 Å². The van der Waals surface area contributed by atoms with Crippen LogP contribution in [0.15, 0.2) is 97.2 Å². The van der Waals surface area contributed by atoms with Crippen LogP contribution in [0.1, 0.15) is 37.7 Å². The van der Waals surface area contributed by atoms with E-state index in [1.165, 1.54) is 18.2 Å². The molecule has 2 N–H and O–H groups in total. The molecule has 0 radical (unpaired) electrons. The van der Waals surface area contributed by atoms with Crippen LogP contribution in [0.3, 0.4) is 0 Å². The van der Waals surface area contributed by atoms with Gasteiger partial charge >= 0.3 is 0 Å². The molecule has 0 aliphatic carbocycles. The molecule has 0 aliphatic rings. The third-order valence-corrected chi connectivity index (χ3v) is 6.29. The average molecular weight is 507 g/mol. The minimum atomic E-state index is -0.472. The molecular weight excluding hydrogens is 479 g/mol. The van der Waals surface area contributed by atoms with E-state index >= 15 is 0 Å². The van der Waals surface area contributed by atoms with Crippen molar-refractivity contribution in [1.29, 1.82) is 0 Å². The van der Waals surface area contributed by atoms with Gasteiger partial charge in [0.15, 0.2) is 0 Å². The predicted octanol–water partition coefficient (Wildman–Crippen LogP) is 5.76. The Morgan fingerprint density at radius 3 is 2.55 bits per heavy atom. The standard InChI is InChI=1S/C31H27FN4O2/c1-21-6-4-7-22(16-21)20-36-28-12-11-27(35-30(37)23-8-5-9-25(32)17-23)18-24(28)19-29(36)31(38)34-15-13-26-10-2-3-14-33-26/h2-12,14,16-19H,13,15,20H2,1H3,(H,34,38)(H,35,37). The average Bonchev–Trinajstić information content (AvgIpc) is 3.26. The number of anilines is 1. The molecule has 3 aromatic carbocycles. The van der Waals surface area contributed by atoms with Gasteiger partial charge < -0.3 is 15.2 Å². The molecule has 0 unspecified atom stereocenters. The van der Waals surface area contributed by atoms with Crippen LogP contribution in [-0.4, -0.2) is 27.9 Å². The number of aryl methyl sites for hydroxylation is 1. The molecule has 6 nitrogen and oxygen atoms in total. The summed E-state index contributed by atoms with van der Waals surface area (Å²) >= 11 is 0. The number of amides is 2. The molecule has 2 aromatic heterocycles. The molecule has 0 saturated heterocycles. The van der Waals surface area contributed by atoms with Gasteiger partial charge in [-0.2, -0.15) is 0 Å². The van der Waals surface area contributed by atoms with Gasteiger partial charge in [-0.15, -0.1) is 0 Å². The third kappa shape index (κ3) is 5.78. The predicted molar refractivity (Wildman–Crippen MR) is 147 cm³/mol. The molecule has 2 amide bonds. The molecule has 0 bridgehead atoms. The zero-order valence-electron chi connectivity index (χ0n) is 20.9. The molecular formula is C31H27FN4O2. The molecule has 0 atom stereocenters. The largest absolute Gasteiger partial charge is 0.350 e. The summed E-state index contributed by atoms with van der Waals surface area (Å²) in [6, 6.07) is 26.8. The van der Waals surface area contributed by atoms with Gasteiger partial charge in [-0.3, -0.25) is 14.6 Å². The summed E-state index contributed by atoms with van der Waals surface area (Å²) in [4.78, 5) is 30.3. The van der Waals surface area contributed by atoms with E-state index in [1.807, 2.05) is 66.1 Å². The van der Waals surface area contributed by atoms with E-state index in [1.54, 1.807) is 18.3 Å². The molecule has 5 rings (SSSR count). The van der Waals surface area contributed by atoms with Crippen LogP contribution in [0.4, 0.5) is 10.1 Å². The van der Waals surface area contributed by atoms with Gasteiger partial charge in [0.2, 0.25) is 0 Å². The normalized spacial score (nSPS) is 10.9. The van der Waals surface area contributed by atoms with Crippen molar-refractivity contribution in [1.82, 2.24) is 14.9 Å². The van der Waals surface area contributed by atoms with Crippen LogP contribution in [0.2, 0.25) is 0 Å². The van der Waals surface area contributed by atoms with Crippen LogP contribution in [0.5, 0.6) is 0 Å². The number of nitrogens with zero attached hydrogens (tertiary/aromatic N) is 2. The second kappa shape index (κ2) is 11.1. The number of carbonyl (C=O) groups is 2. The maximum Gasteiger partial charge on any atom is 0.267 e. The zero-order chi connectivity index (χ0) is 26.5. The van der Waals surface area contributed by atoms with Crippen molar-refractivity contribution in [3.8, 4) is 0 Å².